The predicted molar refractivity (Wildman–Crippen MR) is 180 cm³/mol. The van der Waals surface area contributed by atoms with Crippen LogP contribution in [-0.2, 0) is 4.74 Å². The number of carbonyl (C=O) groups is 4. The summed E-state index contributed by atoms with van der Waals surface area (Å²) in [6, 6.07) is 34.8. The number of carboxylic acid groups (broad SMARTS) is 1. The van der Waals surface area contributed by atoms with Crippen molar-refractivity contribution in [1.82, 2.24) is 4.98 Å². The van der Waals surface area contributed by atoms with Crippen LogP contribution in [0.1, 0.15) is 41.4 Å². The van der Waals surface area contributed by atoms with Gasteiger partial charge < -0.3 is 20.5 Å². The van der Waals surface area contributed by atoms with Gasteiger partial charge in [0, 0.05) is 34.0 Å². The Kier molecular flexibility index (Phi) is 8.52. The summed E-state index contributed by atoms with van der Waals surface area (Å²) in [7, 11) is 1.34. The Morgan fingerprint density at radius 1 is 0.574 bits per heavy atom. The van der Waals surface area contributed by atoms with E-state index < -0.39 is 11.9 Å². The summed E-state index contributed by atoms with van der Waals surface area (Å²) in [5, 5.41) is 16.4. The van der Waals surface area contributed by atoms with Gasteiger partial charge in [0.25, 0.3) is 11.8 Å². The highest BCUT2D eigenvalue weighted by Crippen LogP contribution is 2.28. The number of pyridine rings is 1. The molecule has 0 spiro atoms. The smallest absolute Gasteiger partial charge is 0.337 e. The minimum atomic E-state index is -1.03. The molecular formula is C38H27N3O6. The van der Waals surface area contributed by atoms with E-state index in [0.29, 0.717) is 39.0 Å². The molecule has 9 heteroatoms. The Labute approximate surface area is 269 Å². The van der Waals surface area contributed by atoms with Gasteiger partial charge in [-0.3, -0.25) is 9.59 Å². The molecule has 47 heavy (non-hydrogen) atoms. The number of esters is 1. The number of benzene rings is 5. The second kappa shape index (κ2) is 13.2. The standard InChI is InChI=1S/C38H27N3O6/c1-47-38(46)28-16-10-24(11-17-28)23-6-12-27(13-7-23)36(43)41-34-21-18-29(22-39-34)25-8-14-26(15-9-25)35(42)40-33-20-19-32(37(44)45)30-4-2-3-5-31(30)33/h2-22H,1H3,(H,40,42)(H,44,45)(H,39,41,43). The molecule has 0 fully saturated rings. The molecule has 5 aromatic carbocycles. The molecular weight excluding hydrogens is 594 g/mol. The molecule has 9 nitrogen and oxygen atoms in total. The third-order valence-corrected chi connectivity index (χ3v) is 7.67. The average Bonchev–Trinajstić information content (AvgIpc) is 3.11. The molecule has 1 aromatic heterocycles. The van der Waals surface area contributed by atoms with Crippen LogP contribution in [0.4, 0.5) is 11.5 Å². The molecule has 0 saturated carbocycles. The van der Waals surface area contributed by atoms with Crippen LogP contribution < -0.4 is 10.6 Å². The number of amides is 2. The summed E-state index contributed by atoms with van der Waals surface area (Å²) < 4.78 is 4.73. The monoisotopic (exact) mass is 621 g/mol. The van der Waals surface area contributed by atoms with Gasteiger partial charge in [0.2, 0.25) is 0 Å². The molecule has 3 N–H and O–H groups in total. The van der Waals surface area contributed by atoms with Crippen molar-refractivity contribution in [2.24, 2.45) is 0 Å². The van der Waals surface area contributed by atoms with E-state index in [1.165, 1.54) is 13.2 Å². The van der Waals surface area contributed by atoms with Gasteiger partial charge in [-0.2, -0.15) is 0 Å². The Bertz CT molecular complexity index is 2120. The van der Waals surface area contributed by atoms with Crippen molar-refractivity contribution in [3.63, 3.8) is 0 Å². The third-order valence-electron chi connectivity index (χ3n) is 7.67. The first-order valence-corrected chi connectivity index (χ1v) is 14.5. The normalized spacial score (nSPS) is 10.7. The first-order valence-electron chi connectivity index (χ1n) is 14.5. The van der Waals surface area contributed by atoms with Gasteiger partial charge in [0.05, 0.1) is 18.2 Å². The van der Waals surface area contributed by atoms with E-state index in [-0.39, 0.29) is 17.4 Å². The van der Waals surface area contributed by atoms with Gasteiger partial charge >= 0.3 is 11.9 Å². The molecule has 1 heterocycles. The number of anilines is 2. The van der Waals surface area contributed by atoms with Crippen LogP contribution in [0.15, 0.2) is 128 Å². The number of carbonyl (C=O) groups excluding carboxylic acids is 3. The number of nitrogens with zero attached hydrogens (tertiary/aromatic N) is 1. The van der Waals surface area contributed by atoms with E-state index in [9.17, 15) is 24.3 Å². The number of ether oxygens (including phenoxy) is 1. The summed E-state index contributed by atoms with van der Waals surface area (Å²) in [5.41, 5.74) is 5.46. The molecule has 0 atom stereocenters. The molecule has 0 aliphatic heterocycles. The minimum Gasteiger partial charge on any atom is -0.478 e. The Morgan fingerprint density at radius 3 is 1.62 bits per heavy atom. The maximum Gasteiger partial charge on any atom is 0.337 e. The fourth-order valence-electron chi connectivity index (χ4n) is 5.16. The molecule has 0 radical (unpaired) electrons. The largest absolute Gasteiger partial charge is 0.478 e. The number of hydrogen-bond donors (Lipinski definition) is 3. The van der Waals surface area contributed by atoms with Gasteiger partial charge in [-0.25, -0.2) is 14.6 Å². The summed E-state index contributed by atoms with van der Waals surface area (Å²) in [6.07, 6.45) is 1.64. The molecule has 6 rings (SSSR count). The van der Waals surface area contributed by atoms with Crippen LogP contribution in [0.3, 0.4) is 0 Å². The van der Waals surface area contributed by atoms with E-state index in [1.54, 1.807) is 91.1 Å². The van der Waals surface area contributed by atoms with Crippen LogP contribution in [0.2, 0.25) is 0 Å². The van der Waals surface area contributed by atoms with Crippen molar-refractivity contribution < 1.29 is 29.0 Å². The number of aromatic carboxylic acids is 1. The maximum atomic E-state index is 13.0. The van der Waals surface area contributed by atoms with Crippen LogP contribution in [-0.4, -0.2) is 41.0 Å². The lowest BCUT2D eigenvalue weighted by Crippen LogP contribution is -2.13. The zero-order valence-electron chi connectivity index (χ0n) is 25.1. The summed E-state index contributed by atoms with van der Waals surface area (Å²) in [5.74, 6) is -1.68. The van der Waals surface area contributed by atoms with Crippen LogP contribution in [0.25, 0.3) is 33.0 Å². The molecule has 6 aromatic rings. The van der Waals surface area contributed by atoms with E-state index in [2.05, 4.69) is 15.6 Å². The van der Waals surface area contributed by atoms with Gasteiger partial charge in [-0.15, -0.1) is 0 Å². The summed E-state index contributed by atoms with van der Waals surface area (Å²) in [4.78, 5) is 53.5. The lowest BCUT2D eigenvalue weighted by molar-refractivity contribution is 0.0599. The number of methoxy groups -OCH3 is 1. The SMILES string of the molecule is COC(=O)c1ccc(-c2ccc(C(=O)Nc3ccc(-c4ccc(C(=O)Nc5ccc(C(=O)O)c6ccccc56)cc4)cn3)cc2)cc1. The van der Waals surface area contributed by atoms with Crippen molar-refractivity contribution in [1.29, 1.82) is 0 Å². The van der Waals surface area contributed by atoms with E-state index >= 15 is 0 Å². The number of rotatable bonds is 8. The number of aromatic nitrogens is 1. The zero-order chi connectivity index (χ0) is 32.9. The molecule has 0 aliphatic rings. The maximum absolute atomic E-state index is 13.0. The first kappa shape index (κ1) is 30.4. The molecule has 0 bridgehead atoms. The van der Waals surface area contributed by atoms with Crippen molar-refractivity contribution in [3.05, 3.63) is 150 Å². The van der Waals surface area contributed by atoms with E-state index in [4.69, 9.17) is 4.74 Å². The van der Waals surface area contributed by atoms with Gasteiger partial charge in [0.15, 0.2) is 0 Å². The lowest BCUT2D eigenvalue weighted by atomic mass is 10.0. The summed E-state index contributed by atoms with van der Waals surface area (Å²) in [6.45, 7) is 0. The fraction of sp³-hybridized carbons (Fsp3) is 0.0263. The van der Waals surface area contributed by atoms with Crippen LogP contribution in [0.5, 0.6) is 0 Å². The van der Waals surface area contributed by atoms with Crippen molar-refractivity contribution in [2.45, 2.75) is 0 Å². The number of hydrogen-bond acceptors (Lipinski definition) is 6. The number of carboxylic acids is 1. The topological polar surface area (TPSA) is 135 Å². The zero-order valence-corrected chi connectivity index (χ0v) is 25.1. The van der Waals surface area contributed by atoms with Gasteiger partial charge in [-0.05, 0) is 82.7 Å². The van der Waals surface area contributed by atoms with Crippen LogP contribution in [0, 0.1) is 0 Å². The molecule has 0 unspecified atom stereocenters. The third kappa shape index (κ3) is 6.59. The predicted octanol–water partition coefficient (Wildman–Crippen LogP) is 7.56. The second-order valence-electron chi connectivity index (χ2n) is 10.6. The van der Waals surface area contributed by atoms with Crippen molar-refractivity contribution in [3.8, 4) is 22.3 Å². The second-order valence-corrected chi connectivity index (χ2v) is 10.6. The number of fused-ring (bicyclic) bond motifs is 1. The first-order chi connectivity index (χ1) is 22.8. The highest BCUT2D eigenvalue weighted by atomic mass is 16.5. The number of nitrogens with one attached hydrogen (secondary N) is 2. The quantitative estimate of drug-likeness (QED) is 0.149. The summed E-state index contributed by atoms with van der Waals surface area (Å²) >= 11 is 0. The Balaban J connectivity index is 1.08. The molecule has 230 valence electrons. The average molecular weight is 622 g/mol. The van der Waals surface area contributed by atoms with E-state index in [0.717, 1.165) is 22.3 Å². The van der Waals surface area contributed by atoms with Crippen molar-refractivity contribution >= 4 is 46.0 Å². The van der Waals surface area contributed by atoms with Gasteiger partial charge in [0.1, 0.15) is 5.82 Å². The van der Waals surface area contributed by atoms with Crippen molar-refractivity contribution in [2.75, 3.05) is 17.7 Å². The van der Waals surface area contributed by atoms with Gasteiger partial charge in [-0.1, -0.05) is 60.7 Å². The minimum absolute atomic E-state index is 0.165. The highest BCUT2D eigenvalue weighted by Gasteiger charge is 2.14. The Morgan fingerprint density at radius 2 is 1.09 bits per heavy atom. The lowest BCUT2D eigenvalue weighted by Gasteiger charge is -2.11. The molecule has 2 amide bonds. The molecule has 0 saturated heterocycles. The molecule has 0 aliphatic carbocycles. The van der Waals surface area contributed by atoms with Crippen LogP contribution >= 0.6 is 0 Å². The van der Waals surface area contributed by atoms with E-state index in [1.807, 2.05) is 30.3 Å². The Hall–Kier alpha value is -6.61. The fourth-order valence-corrected chi connectivity index (χ4v) is 5.16. The highest BCUT2D eigenvalue weighted by molar-refractivity contribution is 6.13.